The summed E-state index contributed by atoms with van der Waals surface area (Å²) in [5, 5.41) is 13.8. The Labute approximate surface area is 319 Å². The van der Waals surface area contributed by atoms with Gasteiger partial charge in [-0.2, -0.15) is 0 Å². The van der Waals surface area contributed by atoms with Gasteiger partial charge in [0.15, 0.2) is 5.82 Å². The van der Waals surface area contributed by atoms with Gasteiger partial charge in [0.1, 0.15) is 16.0 Å². The Morgan fingerprint density at radius 2 is 1.07 bits per heavy atom. The van der Waals surface area contributed by atoms with Crippen LogP contribution in [0.1, 0.15) is 0 Å². The van der Waals surface area contributed by atoms with Crippen LogP contribution >= 0.6 is 34.0 Å². The minimum Gasteiger partial charge on any atom is -0.290 e. The molecule has 0 spiro atoms. The Morgan fingerprint density at radius 1 is 0.407 bits per heavy atom. The first-order valence-corrected chi connectivity index (χ1v) is 20.5. The van der Waals surface area contributed by atoms with Crippen molar-refractivity contribution in [1.82, 2.24) is 14.5 Å². The summed E-state index contributed by atoms with van der Waals surface area (Å²) >= 11 is 5.48. The SMILES string of the molecule is c1ccc2c(c1)ccc1c2sc2c1c1ccccc1c1c3ccccc3n(-c3nc4sc5ccccc5c4nc3-c3cccc4sc5ccccc5c34)c21. The van der Waals surface area contributed by atoms with Crippen LogP contribution < -0.4 is 0 Å². The molecule has 5 heterocycles. The van der Waals surface area contributed by atoms with E-state index in [1.165, 1.54) is 82.9 Å². The minimum absolute atomic E-state index is 0.863. The van der Waals surface area contributed by atoms with Crippen molar-refractivity contribution in [3.8, 4) is 17.1 Å². The molecule has 3 nitrogen and oxygen atoms in total. The highest BCUT2D eigenvalue weighted by atomic mass is 32.1. The predicted octanol–water partition coefficient (Wildman–Crippen LogP) is 14.7. The number of rotatable bonds is 2. The van der Waals surface area contributed by atoms with Gasteiger partial charge in [0.25, 0.3) is 0 Å². The first-order valence-electron chi connectivity index (χ1n) is 18.1. The molecular formula is C48H25N3S3. The molecule has 0 atom stereocenters. The second-order valence-electron chi connectivity index (χ2n) is 14.0. The third kappa shape index (κ3) is 3.79. The number of benzene rings is 8. The standard InChI is InChI=1S/C48H25N3S3/c1-2-13-27-26(12-1)24-25-34-41-29-15-4-3-14-28(29)40-30-16-5-8-20-35(30)51(44(40)46(41)54-45(27)34)47-42(49-43-32-18-7-10-22-37(32)53-48(43)50-47)33-19-11-23-38-39(33)31-17-6-9-21-36(31)52-38/h1-25H. The number of thiophene rings is 3. The monoisotopic (exact) mass is 739 g/mol. The molecule has 8 aromatic carbocycles. The Hall–Kier alpha value is -6.18. The lowest BCUT2D eigenvalue weighted by Gasteiger charge is -2.14. The highest BCUT2D eigenvalue weighted by Gasteiger charge is 2.27. The van der Waals surface area contributed by atoms with Crippen molar-refractivity contribution < 1.29 is 0 Å². The molecule has 13 aromatic rings. The number of nitrogens with zero attached hydrogens (tertiary/aromatic N) is 3. The van der Waals surface area contributed by atoms with Gasteiger partial charge in [-0.15, -0.1) is 34.0 Å². The second-order valence-corrected chi connectivity index (χ2v) is 17.2. The zero-order chi connectivity index (χ0) is 35.1. The molecule has 0 fully saturated rings. The molecule has 0 aliphatic carbocycles. The second kappa shape index (κ2) is 10.7. The van der Waals surface area contributed by atoms with Crippen LogP contribution in [-0.2, 0) is 0 Å². The van der Waals surface area contributed by atoms with Crippen LogP contribution in [0.3, 0.4) is 0 Å². The summed E-state index contributed by atoms with van der Waals surface area (Å²) in [5.74, 6) is 0.863. The van der Waals surface area contributed by atoms with Crippen molar-refractivity contribution in [1.29, 1.82) is 0 Å². The van der Waals surface area contributed by atoms with Gasteiger partial charge < -0.3 is 0 Å². The lowest BCUT2D eigenvalue weighted by molar-refractivity contribution is 1.09. The Kier molecular flexibility index (Phi) is 5.81. The van der Waals surface area contributed by atoms with Crippen molar-refractivity contribution >= 4 is 138 Å². The van der Waals surface area contributed by atoms with E-state index in [4.69, 9.17) is 9.97 Å². The third-order valence-corrected chi connectivity index (χ3v) is 14.6. The van der Waals surface area contributed by atoms with E-state index < -0.39 is 0 Å². The van der Waals surface area contributed by atoms with Crippen molar-refractivity contribution in [2.24, 2.45) is 0 Å². The molecule has 0 saturated carbocycles. The first kappa shape index (κ1) is 29.3. The van der Waals surface area contributed by atoms with E-state index in [0.29, 0.717) is 0 Å². The average molecular weight is 740 g/mol. The van der Waals surface area contributed by atoms with E-state index in [-0.39, 0.29) is 0 Å². The summed E-state index contributed by atoms with van der Waals surface area (Å²) < 4.78 is 8.77. The number of para-hydroxylation sites is 1. The van der Waals surface area contributed by atoms with Gasteiger partial charge in [0, 0.05) is 62.1 Å². The summed E-state index contributed by atoms with van der Waals surface area (Å²) in [7, 11) is 0. The van der Waals surface area contributed by atoms with Gasteiger partial charge in [-0.25, -0.2) is 9.97 Å². The molecule has 250 valence electrons. The number of aromatic nitrogens is 3. The highest BCUT2D eigenvalue weighted by molar-refractivity contribution is 7.28. The van der Waals surface area contributed by atoms with Crippen LogP contribution in [0.2, 0.25) is 0 Å². The van der Waals surface area contributed by atoms with Crippen molar-refractivity contribution in [2.45, 2.75) is 0 Å². The molecule has 5 aromatic heterocycles. The van der Waals surface area contributed by atoms with E-state index >= 15 is 0 Å². The number of fused-ring (bicyclic) bond motifs is 18. The molecule has 0 radical (unpaired) electrons. The summed E-state index contributed by atoms with van der Waals surface area (Å²) in [4.78, 5) is 12.4. The molecule has 54 heavy (non-hydrogen) atoms. The molecule has 0 aliphatic heterocycles. The normalized spacial score (nSPS) is 12.4. The fourth-order valence-corrected chi connectivity index (χ4v) is 12.5. The molecule has 13 rings (SSSR count). The highest BCUT2D eigenvalue weighted by Crippen LogP contribution is 2.50. The topological polar surface area (TPSA) is 30.7 Å². The number of hydrogen-bond acceptors (Lipinski definition) is 5. The average Bonchev–Trinajstić information content (AvgIpc) is 3.99. The van der Waals surface area contributed by atoms with E-state index in [9.17, 15) is 0 Å². The Morgan fingerprint density at radius 3 is 1.93 bits per heavy atom. The summed E-state index contributed by atoms with van der Waals surface area (Å²) in [6, 6.07) is 55.3. The summed E-state index contributed by atoms with van der Waals surface area (Å²) in [5.41, 5.74) is 5.28. The zero-order valence-corrected chi connectivity index (χ0v) is 30.9. The molecule has 6 heteroatoms. The van der Waals surface area contributed by atoms with E-state index in [2.05, 4.69) is 156 Å². The van der Waals surface area contributed by atoms with E-state index in [0.717, 1.165) is 38.3 Å². The lowest BCUT2D eigenvalue weighted by atomic mass is 9.98. The van der Waals surface area contributed by atoms with Gasteiger partial charge in [-0.3, -0.25) is 4.57 Å². The van der Waals surface area contributed by atoms with Crippen LogP contribution in [0.15, 0.2) is 152 Å². The van der Waals surface area contributed by atoms with Gasteiger partial charge in [0.2, 0.25) is 0 Å². The molecule has 0 saturated heterocycles. The van der Waals surface area contributed by atoms with Gasteiger partial charge >= 0.3 is 0 Å². The van der Waals surface area contributed by atoms with Crippen LogP contribution in [0, 0.1) is 0 Å². The quantitative estimate of drug-likeness (QED) is 0.177. The molecular weight excluding hydrogens is 715 g/mol. The minimum atomic E-state index is 0.863. The molecule has 0 unspecified atom stereocenters. The fraction of sp³-hybridized carbons (Fsp3) is 0. The smallest absolute Gasteiger partial charge is 0.166 e. The number of hydrogen-bond donors (Lipinski definition) is 0. The van der Waals surface area contributed by atoms with Gasteiger partial charge in [-0.05, 0) is 45.8 Å². The van der Waals surface area contributed by atoms with E-state index in [1.807, 2.05) is 22.7 Å². The molecule has 0 N–H and O–H groups in total. The lowest BCUT2D eigenvalue weighted by Crippen LogP contribution is -2.03. The maximum atomic E-state index is 5.72. The molecule has 0 bridgehead atoms. The predicted molar refractivity (Wildman–Crippen MR) is 235 cm³/mol. The van der Waals surface area contributed by atoms with E-state index in [1.54, 1.807) is 11.3 Å². The van der Waals surface area contributed by atoms with Crippen LogP contribution in [-0.4, -0.2) is 14.5 Å². The molecule has 0 aliphatic rings. The van der Waals surface area contributed by atoms with Crippen LogP contribution in [0.5, 0.6) is 0 Å². The van der Waals surface area contributed by atoms with Crippen molar-refractivity contribution in [3.05, 3.63) is 152 Å². The fourth-order valence-electron chi connectivity index (χ4n) is 8.95. The zero-order valence-electron chi connectivity index (χ0n) is 28.5. The summed E-state index contributed by atoms with van der Waals surface area (Å²) in [6.45, 7) is 0. The maximum absolute atomic E-state index is 5.72. The maximum Gasteiger partial charge on any atom is 0.166 e. The van der Waals surface area contributed by atoms with Gasteiger partial charge in [0.05, 0.1) is 15.7 Å². The summed E-state index contributed by atoms with van der Waals surface area (Å²) in [6.07, 6.45) is 0. The van der Waals surface area contributed by atoms with Crippen molar-refractivity contribution in [3.63, 3.8) is 0 Å². The van der Waals surface area contributed by atoms with Crippen LogP contribution in [0.4, 0.5) is 0 Å². The Balaban J connectivity index is 1.29. The molecule has 0 amide bonds. The van der Waals surface area contributed by atoms with Gasteiger partial charge in [-0.1, -0.05) is 127 Å². The first-order chi connectivity index (χ1) is 26.8. The van der Waals surface area contributed by atoms with Crippen molar-refractivity contribution in [2.75, 3.05) is 0 Å². The Bertz CT molecular complexity index is 3750. The largest absolute Gasteiger partial charge is 0.290 e. The van der Waals surface area contributed by atoms with Crippen LogP contribution in [0.25, 0.3) is 121 Å². The third-order valence-electron chi connectivity index (χ3n) is 11.2.